The van der Waals surface area contributed by atoms with Crippen LogP contribution < -0.4 is 0 Å². The lowest BCUT2D eigenvalue weighted by molar-refractivity contribution is -0.394. The zero-order valence-corrected chi connectivity index (χ0v) is 15.0. The summed E-state index contributed by atoms with van der Waals surface area (Å²) in [6, 6.07) is 0. The SMILES string of the molecule is CC(=O)OC[C@@]12OCC[C@@H](O1)[C@H](OC(C)=O)[C@@H](OC(C)=O)[C@@H]2OC(C)=O. The van der Waals surface area contributed by atoms with E-state index in [1.54, 1.807) is 0 Å². The van der Waals surface area contributed by atoms with Gasteiger partial charge < -0.3 is 28.4 Å². The molecule has 0 aromatic rings. The first-order valence-electron chi connectivity index (χ1n) is 8.11. The van der Waals surface area contributed by atoms with Crippen LogP contribution in [0.1, 0.15) is 34.1 Å². The van der Waals surface area contributed by atoms with Gasteiger partial charge in [0.15, 0.2) is 18.3 Å². The highest BCUT2D eigenvalue weighted by Gasteiger charge is 2.63. The lowest BCUT2D eigenvalue weighted by Gasteiger charge is -2.53. The average Bonchev–Trinajstić information content (AvgIpc) is 2.52. The number of carbonyl (C=O) groups is 4. The molecule has 2 aliphatic rings. The fraction of sp³-hybridized carbons (Fsp3) is 0.750. The number of rotatable bonds is 5. The highest BCUT2D eigenvalue weighted by Crippen LogP contribution is 2.41. The first-order valence-corrected chi connectivity index (χ1v) is 8.11. The van der Waals surface area contributed by atoms with Crippen LogP contribution in [0.4, 0.5) is 0 Å². The van der Waals surface area contributed by atoms with E-state index < -0.39 is 54.1 Å². The Morgan fingerprint density at radius 2 is 1.46 bits per heavy atom. The highest BCUT2D eigenvalue weighted by atomic mass is 16.8. The molecule has 2 saturated heterocycles. The van der Waals surface area contributed by atoms with Crippen LogP contribution in [0, 0.1) is 0 Å². The van der Waals surface area contributed by atoms with Crippen molar-refractivity contribution in [2.75, 3.05) is 13.2 Å². The normalized spacial score (nSPS) is 32.9. The van der Waals surface area contributed by atoms with Gasteiger partial charge in [-0.05, 0) is 0 Å². The number of ether oxygens (including phenoxy) is 6. The summed E-state index contributed by atoms with van der Waals surface area (Å²) in [4.78, 5) is 46.0. The zero-order valence-electron chi connectivity index (χ0n) is 15.0. The topological polar surface area (TPSA) is 124 Å². The van der Waals surface area contributed by atoms with E-state index in [2.05, 4.69) is 0 Å². The van der Waals surface area contributed by atoms with Gasteiger partial charge >= 0.3 is 23.9 Å². The summed E-state index contributed by atoms with van der Waals surface area (Å²) in [6.07, 6.45) is -3.85. The molecule has 5 atom stereocenters. The molecule has 2 aliphatic heterocycles. The summed E-state index contributed by atoms with van der Waals surface area (Å²) in [5.41, 5.74) is 0. The lowest BCUT2D eigenvalue weighted by Crippen LogP contribution is -2.71. The second-order valence-electron chi connectivity index (χ2n) is 6.06. The molecule has 0 spiro atoms. The first kappa shape index (κ1) is 20.1. The Morgan fingerprint density at radius 1 is 0.885 bits per heavy atom. The van der Waals surface area contributed by atoms with Crippen LogP contribution in [0.2, 0.25) is 0 Å². The fourth-order valence-electron chi connectivity index (χ4n) is 3.06. The third-order valence-corrected chi connectivity index (χ3v) is 3.90. The van der Waals surface area contributed by atoms with Crippen LogP contribution in [0.25, 0.3) is 0 Å². The highest BCUT2D eigenvalue weighted by molar-refractivity contribution is 5.68. The molecule has 2 heterocycles. The van der Waals surface area contributed by atoms with Crippen molar-refractivity contribution in [3.63, 3.8) is 0 Å². The van der Waals surface area contributed by atoms with Crippen LogP contribution >= 0.6 is 0 Å². The van der Waals surface area contributed by atoms with Crippen LogP contribution in [0.5, 0.6) is 0 Å². The van der Waals surface area contributed by atoms with Crippen LogP contribution in [-0.2, 0) is 47.6 Å². The van der Waals surface area contributed by atoms with E-state index in [4.69, 9.17) is 28.4 Å². The summed E-state index contributed by atoms with van der Waals surface area (Å²) in [7, 11) is 0. The monoisotopic (exact) mass is 374 g/mol. The molecule has 10 heteroatoms. The van der Waals surface area contributed by atoms with Crippen molar-refractivity contribution in [3.05, 3.63) is 0 Å². The van der Waals surface area contributed by atoms with Gasteiger partial charge in [0.25, 0.3) is 0 Å². The molecule has 0 N–H and O–H groups in total. The van der Waals surface area contributed by atoms with Gasteiger partial charge in [0.2, 0.25) is 5.79 Å². The van der Waals surface area contributed by atoms with E-state index >= 15 is 0 Å². The Labute approximate surface area is 150 Å². The van der Waals surface area contributed by atoms with Crippen LogP contribution in [0.3, 0.4) is 0 Å². The Kier molecular flexibility index (Phi) is 6.19. The Morgan fingerprint density at radius 3 is 2.00 bits per heavy atom. The maximum atomic E-state index is 11.6. The van der Waals surface area contributed by atoms with Crippen LogP contribution in [0.15, 0.2) is 0 Å². The molecule has 0 aliphatic carbocycles. The quantitative estimate of drug-likeness (QED) is 0.474. The summed E-state index contributed by atoms with van der Waals surface area (Å²) in [5.74, 6) is -4.26. The van der Waals surface area contributed by atoms with Gasteiger partial charge in [-0.2, -0.15) is 0 Å². The van der Waals surface area contributed by atoms with Gasteiger partial charge in [-0.25, -0.2) is 0 Å². The lowest BCUT2D eigenvalue weighted by atomic mass is 9.88. The van der Waals surface area contributed by atoms with E-state index in [1.807, 2.05) is 0 Å². The van der Waals surface area contributed by atoms with Gasteiger partial charge in [-0.1, -0.05) is 0 Å². The van der Waals surface area contributed by atoms with Gasteiger partial charge in [0.05, 0.1) is 6.61 Å². The standard InChI is InChI=1S/C16H22O10/c1-8(17)21-7-16-15(25-11(4)20)14(24-10(3)19)13(23-9(2)18)12(26-16)5-6-22-16/h12-15H,5-7H2,1-4H3/t12-,13+,14-,15+,16-/m1/s1. The molecule has 0 aromatic carbocycles. The number of hydrogen-bond acceptors (Lipinski definition) is 10. The summed E-state index contributed by atoms with van der Waals surface area (Å²) in [6.45, 7) is 4.51. The van der Waals surface area contributed by atoms with E-state index in [1.165, 1.54) is 20.8 Å². The molecule has 2 fully saturated rings. The molecule has 2 bridgehead atoms. The summed E-state index contributed by atoms with van der Waals surface area (Å²) >= 11 is 0. The number of fused-ring (bicyclic) bond motifs is 2. The van der Waals surface area contributed by atoms with Crippen molar-refractivity contribution in [1.82, 2.24) is 0 Å². The fourth-order valence-corrected chi connectivity index (χ4v) is 3.06. The molecular formula is C16H22O10. The molecule has 0 unspecified atom stereocenters. The van der Waals surface area contributed by atoms with Crippen molar-refractivity contribution >= 4 is 23.9 Å². The number of hydrogen-bond donors (Lipinski definition) is 0. The van der Waals surface area contributed by atoms with Crippen molar-refractivity contribution in [2.24, 2.45) is 0 Å². The smallest absolute Gasteiger partial charge is 0.303 e. The Bertz CT molecular complexity index is 588. The van der Waals surface area contributed by atoms with Crippen molar-refractivity contribution in [2.45, 2.75) is 64.3 Å². The Balaban J connectivity index is 2.43. The van der Waals surface area contributed by atoms with Gasteiger partial charge in [0.1, 0.15) is 12.7 Å². The predicted molar refractivity (Wildman–Crippen MR) is 81.5 cm³/mol. The number of carbonyl (C=O) groups excluding carboxylic acids is 4. The van der Waals surface area contributed by atoms with Crippen LogP contribution in [-0.4, -0.2) is 67.3 Å². The second-order valence-corrected chi connectivity index (χ2v) is 6.06. The zero-order chi connectivity index (χ0) is 19.5. The van der Waals surface area contributed by atoms with E-state index in [0.29, 0.717) is 6.42 Å². The van der Waals surface area contributed by atoms with Crippen molar-refractivity contribution in [1.29, 1.82) is 0 Å². The van der Waals surface area contributed by atoms with Gasteiger partial charge in [-0.15, -0.1) is 0 Å². The molecule has 26 heavy (non-hydrogen) atoms. The third-order valence-electron chi connectivity index (χ3n) is 3.90. The average molecular weight is 374 g/mol. The molecule has 0 aromatic heterocycles. The molecule has 2 rings (SSSR count). The van der Waals surface area contributed by atoms with E-state index in [-0.39, 0.29) is 13.2 Å². The minimum Gasteiger partial charge on any atom is -0.460 e. The first-order chi connectivity index (χ1) is 12.1. The maximum Gasteiger partial charge on any atom is 0.303 e. The molecule has 10 nitrogen and oxygen atoms in total. The third kappa shape index (κ3) is 4.50. The van der Waals surface area contributed by atoms with Crippen molar-refractivity contribution in [3.8, 4) is 0 Å². The predicted octanol–water partition coefficient (Wildman–Crippen LogP) is -0.140. The van der Waals surface area contributed by atoms with E-state index in [9.17, 15) is 19.2 Å². The Hall–Kier alpha value is -2.20. The van der Waals surface area contributed by atoms with E-state index in [0.717, 1.165) is 6.92 Å². The number of esters is 4. The largest absolute Gasteiger partial charge is 0.460 e. The maximum absolute atomic E-state index is 11.6. The summed E-state index contributed by atoms with van der Waals surface area (Å²) < 4.78 is 32.4. The molecular weight excluding hydrogens is 352 g/mol. The molecule has 0 radical (unpaired) electrons. The van der Waals surface area contributed by atoms with Gasteiger partial charge in [0, 0.05) is 34.1 Å². The minimum atomic E-state index is -1.67. The molecule has 0 amide bonds. The van der Waals surface area contributed by atoms with Gasteiger partial charge in [-0.3, -0.25) is 19.2 Å². The molecule has 146 valence electrons. The molecule has 0 saturated carbocycles. The van der Waals surface area contributed by atoms with Crippen molar-refractivity contribution < 1.29 is 47.6 Å². The summed E-state index contributed by atoms with van der Waals surface area (Å²) in [5, 5.41) is 0. The minimum absolute atomic E-state index is 0.175. The second kappa shape index (κ2) is 8.00.